The monoisotopic (exact) mass is 521 g/mol. The van der Waals surface area contributed by atoms with E-state index in [1.165, 1.54) is 41.2 Å². The highest BCUT2D eigenvalue weighted by atomic mass is 28.3. The Bertz CT molecular complexity index is 966. The quantitative estimate of drug-likeness (QED) is 0.305. The fourth-order valence-corrected chi connectivity index (χ4v) is 8.94. The molecule has 4 rings (SSSR count). The van der Waals surface area contributed by atoms with E-state index in [4.69, 9.17) is 10.8 Å². The van der Waals surface area contributed by atoms with Crippen LogP contribution in [0.1, 0.15) is 64.3 Å². The van der Waals surface area contributed by atoms with E-state index < -0.39 is 8.07 Å². The van der Waals surface area contributed by atoms with Crippen molar-refractivity contribution in [3.05, 3.63) is 82.6 Å². The van der Waals surface area contributed by atoms with E-state index in [9.17, 15) is 5.11 Å². The molecule has 0 radical (unpaired) electrons. The summed E-state index contributed by atoms with van der Waals surface area (Å²) in [5.74, 6) is 0.527. The highest BCUT2D eigenvalue weighted by Gasteiger charge is 2.45. The largest absolute Gasteiger partial charge is 0.389 e. The molecule has 3 nitrogen and oxygen atoms in total. The van der Waals surface area contributed by atoms with Gasteiger partial charge in [0.25, 0.3) is 0 Å². The van der Waals surface area contributed by atoms with Gasteiger partial charge in [-0.2, -0.15) is 0 Å². The molecule has 0 unspecified atom stereocenters. The lowest BCUT2D eigenvalue weighted by Crippen LogP contribution is -2.39. The number of hydrogen-bond donors (Lipinski definition) is 1. The van der Waals surface area contributed by atoms with Crippen LogP contribution < -0.4 is 0 Å². The highest BCUT2D eigenvalue weighted by Crippen LogP contribution is 2.50. The molecule has 0 aliphatic heterocycles. The van der Waals surface area contributed by atoms with Crippen molar-refractivity contribution in [2.75, 3.05) is 13.2 Å². The van der Waals surface area contributed by atoms with E-state index >= 15 is 0 Å². The van der Waals surface area contributed by atoms with E-state index in [0.29, 0.717) is 39.2 Å². The zero-order valence-corrected chi connectivity index (χ0v) is 24.3. The molecule has 2 atom stereocenters. The summed E-state index contributed by atoms with van der Waals surface area (Å²) in [6, 6.07) is 20.7. The topological polar surface area (TPSA) is 38.7 Å². The van der Waals surface area contributed by atoms with Crippen molar-refractivity contribution in [3.63, 3.8) is 0 Å². The van der Waals surface area contributed by atoms with Gasteiger partial charge >= 0.3 is 0 Å². The summed E-state index contributed by atoms with van der Waals surface area (Å²) in [6.07, 6.45) is 7.38. The van der Waals surface area contributed by atoms with Crippen LogP contribution in [-0.4, -0.2) is 32.5 Å². The minimum absolute atomic E-state index is 0.163. The summed E-state index contributed by atoms with van der Waals surface area (Å²) in [4.78, 5) is 0. The van der Waals surface area contributed by atoms with Crippen molar-refractivity contribution in [1.82, 2.24) is 0 Å². The number of allylic oxidation sites excluding steroid dienone is 1. The van der Waals surface area contributed by atoms with Crippen molar-refractivity contribution >= 4 is 8.07 Å². The molecule has 0 saturated heterocycles. The predicted molar refractivity (Wildman–Crippen MR) is 156 cm³/mol. The average molecular weight is 522 g/mol. The Morgan fingerprint density at radius 3 is 1.95 bits per heavy atom. The van der Waals surface area contributed by atoms with Gasteiger partial charge in [0, 0.05) is 6.79 Å². The lowest BCUT2D eigenvalue weighted by Gasteiger charge is -2.36. The van der Waals surface area contributed by atoms with Crippen molar-refractivity contribution in [2.24, 2.45) is 17.3 Å². The summed E-state index contributed by atoms with van der Waals surface area (Å²) in [5, 5.41) is 13.1. The van der Waals surface area contributed by atoms with Crippen LogP contribution in [0.2, 0.25) is 19.6 Å². The molecular weight excluding hydrogens is 472 g/mol. The maximum Gasteiger partial charge on any atom is 0.0757 e. The number of aliphatic hydroxyl groups is 1. The van der Waals surface area contributed by atoms with Gasteiger partial charge in [0.15, 0.2) is 0 Å². The molecule has 0 spiro atoms. The third-order valence-corrected chi connectivity index (χ3v) is 10.6. The Labute approximate surface area is 227 Å². The minimum Gasteiger partial charge on any atom is -0.389 e. The molecule has 0 heterocycles. The van der Waals surface area contributed by atoms with Gasteiger partial charge in [-0.05, 0) is 48.6 Å². The van der Waals surface area contributed by atoms with Gasteiger partial charge in [-0.3, -0.25) is 0 Å². The fourth-order valence-electron chi connectivity index (χ4n) is 6.56. The molecule has 2 aliphatic rings. The number of rotatable bonds is 11. The van der Waals surface area contributed by atoms with Crippen molar-refractivity contribution in [2.45, 2.75) is 90.8 Å². The zero-order valence-electron chi connectivity index (χ0n) is 24.3. The van der Waals surface area contributed by atoms with Crippen molar-refractivity contribution in [3.8, 4) is 0 Å². The molecule has 2 aliphatic carbocycles. The summed E-state index contributed by atoms with van der Waals surface area (Å²) < 4.78 is 21.3. The second kappa shape index (κ2) is 12.9. The molecule has 2 aromatic rings. The van der Waals surface area contributed by atoms with Crippen LogP contribution in [0.15, 0.2) is 71.4 Å². The van der Waals surface area contributed by atoms with Gasteiger partial charge in [-0.25, -0.2) is 0 Å². The zero-order chi connectivity index (χ0) is 27.0. The summed E-state index contributed by atoms with van der Waals surface area (Å²) in [6.45, 7) is 9.86. The maximum absolute atomic E-state index is 11.8. The Hall–Kier alpha value is -1.72. The van der Waals surface area contributed by atoms with Gasteiger partial charge in [0.2, 0.25) is 0 Å². The lowest BCUT2D eigenvalue weighted by molar-refractivity contribution is -0.0304. The molecule has 37 heavy (non-hydrogen) atoms. The number of aliphatic hydroxyl groups excluding tert-OH is 1. The maximum atomic E-state index is 11.8. The molecule has 0 amide bonds. The van der Waals surface area contributed by atoms with Crippen LogP contribution in [0.4, 0.5) is 0 Å². The van der Waals surface area contributed by atoms with Crippen LogP contribution >= 0.6 is 0 Å². The standard InChI is InChI=1S/C33H48O3Si/c1-26-20-33(24-35-22-27-14-8-5-9-15-27,25-36-23-28-16-10-6-11-17-28)21-30(26)32(37(2,3)4)31(34)29-18-12-7-13-19-29/h5-6,8-11,14-17,26,29,31,34H,7,12-13,18-25H2,1-4H3/b32-30+/t26-,31-/m1/s1/i1D. The van der Waals surface area contributed by atoms with Gasteiger partial charge in [-0.1, -0.05) is 117 Å². The summed E-state index contributed by atoms with van der Waals surface area (Å²) in [7, 11) is -1.82. The normalized spacial score (nSPS) is 23.0. The first kappa shape index (κ1) is 26.9. The number of benzene rings is 2. The third kappa shape index (κ3) is 7.66. The van der Waals surface area contributed by atoms with E-state index in [0.717, 1.165) is 25.7 Å². The first-order valence-electron chi connectivity index (χ1n) is 15.0. The van der Waals surface area contributed by atoms with Crippen LogP contribution in [-0.2, 0) is 22.7 Å². The highest BCUT2D eigenvalue weighted by molar-refractivity contribution is 6.83. The minimum atomic E-state index is -1.82. The van der Waals surface area contributed by atoms with Gasteiger partial charge < -0.3 is 14.6 Å². The molecular formula is C33H48O3Si. The predicted octanol–water partition coefficient (Wildman–Crippen LogP) is 7.95. The summed E-state index contributed by atoms with van der Waals surface area (Å²) >= 11 is 0. The Morgan fingerprint density at radius 1 is 0.919 bits per heavy atom. The molecule has 0 bridgehead atoms. The fraction of sp³-hybridized carbons (Fsp3) is 0.576. The Morgan fingerprint density at radius 2 is 1.46 bits per heavy atom. The number of hydrogen-bond acceptors (Lipinski definition) is 3. The molecule has 2 aromatic carbocycles. The van der Waals surface area contributed by atoms with Gasteiger partial charge in [0.1, 0.15) is 0 Å². The Balaban J connectivity index is 1.59. The summed E-state index contributed by atoms with van der Waals surface area (Å²) in [5.41, 5.74) is 3.54. The van der Waals surface area contributed by atoms with E-state index in [-0.39, 0.29) is 17.4 Å². The van der Waals surface area contributed by atoms with Gasteiger partial charge in [0.05, 0.1) is 40.6 Å². The first-order chi connectivity index (χ1) is 18.3. The molecule has 202 valence electrons. The van der Waals surface area contributed by atoms with E-state index in [1.807, 2.05) is 12.1 Å². The van der Waals surface area contributed by atoms with Crippen molar-refractivity contribution in [1.29, 1.82) is 0 Å². The lowest BCUT2D eigenvalue weighted by atomic mass is 9.83. The smallest absolute Gasteiger partial charge is 0.0757 e. The molecule has 2 fully saturated rings. The number of ether oxygens (including phenoxy) is 2. The average Bonchev–Trinajstić information content (AvgIpc) is 3.27. The second-order valence-corrected chi connectivity index (χ2v) is 17.6. The van der Waals surface area contributed by atoms with Gasteiger partial charge in [-0.15, -0.1) is 0 Å². The van der Waals surface area contributed by atoms with Crippen LogP contribution in [0.25, 0.3) is 0 Å². The third-order valence-electron chi connectivity index (χ3n) is 8.32. The molecule has 4 heteroatoms. The van der Waals surface area contributed by atoms with Crippen molar-refractivity contribution < 1.29 is 16.0 Å². The Kier molecular flexibility index (Phi) is 9.36. The molecule has 2 saturated carbocycles. The van der Waals surface area contributed by atoms with E-state index in [2.05, 4.69) is 68.2 Å². The SMILES string of the molecule is [2H]C[C@@H]1CC(COCc2ccccc2)(COCc2ccccc2)C/C1=C(/[C@H](O)C1CCCCC1)[Si](C)(C)C. The second-order valence-electron chi connectivity index (χ2n) is 12.6. The first-order valence-corrected chi connectivity index (χ1v) is 17.8. The van der Waals surface area contributed by atoms with Crippen LogP contribution in [0.5, 0.6) is 0 Å². The molecule has 0 aromatic heterocycles. The van der Waals surface area contributed by atoms with Crippen LogP contribution in [0, 0.1) is 17.3 Å². The molecule has 1 N–H and O–H groups in total. The van der Waals surface area contributed by atoms with E-state index in [1.54, 1.807) is 0 Å². The van der Waals surface area contributed by atoms with Crippen LogP contribution in [0.3, 0.4) is 0 Å².